The van der Waals surface area contributed by atoms with E-state index >= 15 is 0 Å². The van der Waals surface area contributed by atoms with E-state index in [0.29, 0.717) is 12.1 Å². The first kappa shape index (κ1) is 13.7. The summed E-state index contributed by atoms with van der Waals surface area (Å²) < 4.78 is 26.3. The van der Waals surface area contributed by atoms with Crippen molar-refractivity contribution in [2.24, 2.45) is 0 Å². The van der Waals surface area contributed by atoms with Gasteiger partial charge in [-0.2, -0.15) is 0 Å². The molecule has 0 saturated carbocycles. The Morgan fingerprint density at radius 2 is 1.86 bits per heavy atom. The normalized spacial score (nSPS) is 10.6. The van der Waals surface area contributed by atoms with Crippen LogP contribution in [-0.2, 0) is 6.54 Å². The molecule has 1 heterocycles. The van der Waals surface area contributed by atoms with E-state index in [1.807, 2.05) is 29.6 Å². The van der Waals surface area contributed by atoms with Gasteiger partial charge in [0.25, 0.3) is 0 Å². The molecule has 0 atom stereocenters. The van der Waals surface area contributed by atoms with Gasteiger partial charge in [0.15, 0.2) is 0 Å². The fourth-order valence-corrected chi connectivity index (χ4v) is 2.60. The van der Waals surface area contributed by atoms with Crippen LogP contribution in [0.4, 0.5) is 14.5 Å². The minimum atomic E-state index is -0.566. The highest BCUT2D eigenvalue weighted by molar-refractivity contribution is 7.13. The second-order valence-corrected chi connectivity index (χ2v) is 5.40. The highest BCUT2D eigenvalue weighted by Crippen LogP contribution is 2.23. The first-order chi connectivity index (χ1) is 10.2. The van der Waals surface area contributed by atoms with Crippen LogP contribution < -0.4 is 5.32 Å². The molecule has 5 heteroatoms. The average molecular weight is 302 g/mol. The molecule has 0 aliphatic heterocycles. The van der Waals surface area contributed by atoms with E-state index in [1.165, 1.54) is 12.1 Å². The van der Waals surface area contributed by atoms with E-state index in [4.69, 9.17) is 0 Å². The summed E-state index contributed by atoms with van der Waals surface area (Å²) in [6, 6.07) is 11.3. The molecule has 0 aliphatic rings. The maximum absolute atomic E-state index is 13.5. The van der Waals surface area contributed by atoms with Gasteiger partial charge in [-0.1, -0.05) is 6.07 Å². The maximum Gasteiger partial charge on any atom is 0.131 e. The van der Waals surface area contributed by atoms with Crippen LogP contribution >= 0.6 is 11.3 Å². The van der Waals surface area contributed by atoms with Gasteiger partial charge in [0, 0.05) is 41.0 Å². The lowest BCUT2D eigenvalue weighted by Crippen LogP contribution is -2.02. The van der Waals surface area contributed by atoms with Crippen molar-refractivity contribution < 1.29 is 8.78 Å². The molecule has 2 nitrogen and oxygen atoms in total. The summed E-state index contributed by atoms with van der Waals surface area (Å²) in [5.74, 6) is -1.11. The molecule has 0 amide bonds. The highest BCUT2D eigenvalue weighted by atomic mass is 32.1. The van der Waals surface area contributed by atoms with Gasteiger partial charge in [-0.05, 0) is 30.3 Å². The Morgan fingerprint density at radius 1 is 1.05 bits per heavy atom. The van der Waals surface area contributed by atoms with E-state index in [0.717, 1.165) is 22.3 Å². The summed E-state index contributed by atoms with van der Waals surface area (Å²) in [5.41, 5.74) is 2.35. The van der Waals surface area contributed by atoms with Crippen molar-refractivity contribution >= 4 is 17.0 Å². The molecule has 0 spiro atoms. The summed E-state index contributed by atoms with van der Waals surface area (Å²) in [6.07, 6.45) is 1.77. The minimum absolute atomic E-state index is 0.308. The number of hydrogen-bond acceptors (Lipinski definition) is 3. The van der Waals surface area contributed by atoms with E-state index in [-0.39, 0.29) is 0 Å². The third-order valence-corrected chi connectivity index (χ3v) is 3.88. The van der Waals surface area contributed by atoms with Gasteiger partial charge in [-0.15, -0.1) is 11.3 Å². The first-order valence-electron chi connectivity index (χ1n) is 6.40. The minimum Gasteiger partial charge on any atom is -0.381 e. The summed E-state index contributed by atoms with van der Waals surface area (Å²) in [6.45, 7) is 0.308. The Balaban J connectivity index is 1.68. The smallest absolute Gasteiger partial charge is 0.131 e. The molecule has 0 fully saturated rings. The van der Waals surface area contributed by atoms with Crippen LogP contribution in [0.1, 0.15) is 5.56 Å². The van der Waals surface area contributed by atoms with Crippen LogP contribution in [0.25, 0.3) is 10.6 Å². The van der Waals surface area contributed by atoms with Crippen molar-refractivity contribution in [1.82, 2.24) is 4.98 Å². The molecule has 0 saturated heterocycles. The highest BCUT2D eigenvalue weighted by Gasteiger charge is 2.04. The quantitative estimate of drug-likeness (QED) is 0.755. The number of thiazole rings is 1. The summed E-state index contributed by atoms with van der Waals surface area (Å²) in [7, 11) is 0. The lowest BCUT2D eigenvalue weighted by atomic mass is 10.2. The van der Waals surface area contributed by atoms with Crippen LogP contribution in [0.5, 0.6) is 0 Å². The third kappa shape index (κ3) is 3.25. The Bertz CT molecular complexity index is 725. The fraction of sp³-hybridized carbons (Fsp3) is 0.0625. The third-order valence-electron chi connectivity index (χ3n) is 3.06. The largest absolute Gasteiger partial charge is 0.381 e. The molecule has 1 aromatic heterocycles. The van der Waals surface area contributed by atoms with Gasteiger partial charge in [-0.3, -0.25) is 0 Å². The lowest BCUT2D eigenvalue weighted by molar-refractivity contribution is 0.574. The van der Waals surface area contributed by atoms with Crippen molar-refractivity contribution in [3.63, 3.8) is 0 Å². The standard InChI is InChI=1S/C16H12F2N2S/c17-13-4-1-12(15(18)9-13)10-20-14-5-2-11(3-6-14)16-19-7-8-21-16/h1-9,20H,10H2. The number of hydrogen-bond donors (Lipinski definition) is 1. The van der Waals surface area contributed by atoms with Crippen molar-refractivity contribution in [2.45, 2.75) is 6.54 Å². The van der Waals surface area contributed by atoms with Crippen molar-refractivity contribution in [3.05, 3.63) is 71.2 Å². The Hall–Kier alpha value is -2.27. The van der Waals surface area contributed by atoms with Crippen molar-refractivity contribution in [3.8, 4) is 10.6 Å². The van der Waals surface area contributed by atoms with Crippen LogP contribution in [-0.4, -0.2) is 4.98 Å². The molecule has 2 aromatic carbocycles. The number of rotatable bonds is 4. The molecule has 0 bridgehead atoms. The van der Waals surface area contributed by atoms with Gasteiger partial charge in [0.2, 0.25) is 0 Å². The first-order valence-corrected chi connectivity index (χ1v) is 7.28. The van der Waals surface area contributed by atoms with Crippen molar-refractivity contribution in [1.29, 1.82) is 0 Å². The number of halogens is 2. The fourth-order valence-electron chi connectivity index (χ4n) is 1.96. The Morgan fingerprint density at radius 3 is 2.52 bits per heavy atom. The van der Waals surface area contributed by atoms with Crippen LogP contribution in [0.3, 0.4) is 0 Å². The number of nitrogens with zero attached hydrogens (tertiary/aromatic N) is 1. The molecule has 1 N–H and O–H groups in total. The predicted molar refractivity (Wildman–Crippen MR) is 81.2 cm³/mol. The number of aromatic nitrogens is 1. The zero-order chi connectivity index (χ0) is 14.7. The second kappa shape index (κ2) is 6.01. The topological polar surface area (TPSA) is 24.9 Å². The van der Waals surface area contributed by atoms with E-state index in [9.17, 15) is 8.78 Å². The zero-order valence-corrected chi connectivity index (χ0v) is 11.8. The Labute approximate surface area is 125 Å². The second-order valence-electron chi connectivity index (χ2n) is 4.50. The molecular formula is C16H12F2N2S. The molecule has 3 rings (SSSR count). The monoisotopic (exact) mass is 302 g/mol. The Kier molecular flexibility index (Phi) is 3.92. The number of nitrogens with one attached hydrogen (secondary N) is 1. The summed E-state index contributed by atoms with van der Waals surface area (Å²) >= 11 is 1.58. The molecule has 0 aliphatic carbocycles. The lowest BCUT2D eigenvalue weighted by Gasteiger charge is -2.08. The van der Waals surface area contributed by atoms with E-state index in [1.54, 1.807) is 17.5 Å². The molecular weight excluding hydrogens is 290 g/mol. The summed E-state index contributed by atoms with van der Waals surface area (Å²) in [4.78, 5) is 4.24. The molecule has 0 unspecified atom stereocenters. The predicted octanol–water partition coefficient (Wildman–Crippen LogP) is 4.70. The van der Waals surface area contributed by atoms with E-state index < -0.39 is 11.6 Å². The number of anilines is 1. The molecule has 21 heavy (non-hydrogen) atoms. The van der Waals surface area contributed by atoms with E-state index in [2.05, 4.69) is 10.3 Å². The van der Waals surface area contributed by atoms with Crippen LogP contribution in [0.2, 0.25) is 0 Å². The van der Waals surface area contributed by atoms with Crippen LogP contribution in [0, 0.1) is 11.6 Å². The zero-order valence-electron chi connectivity index (χ0n) is 11.0. The van der Waals surface area contributed by atoms with Gasteiger partial charge < -0.3 is 5.32 Å². The average Bonchev–Trinajstić information content (AvgIpc) is 3.01. The number of benzene rings is 2. The SMILES string of the molecule is Fc1ccc(CNc2ccc(-c3nccs3)cc2)c(F)c1. The molecule has 106 valence electrons. The van der Waals surface area contributed by atoms with Gasteiger partial charge in [0.05, 0.1) is 0 Å². The molecule has 0 radical (unpaired) electrons. The molecule has 3 aromatic rings. The van der Waals surface area contributed by atoms with Gasteiger partial charge in [0.1, 0.15) is 16.6 Å². The maximum atomic E-state index is 13.5. The van der Waals surface area contributed by atoms with Crippen molar-refractivity contribution in [2.75, 3.05) is 5.32 Å². The van der Waals surface area contributed by atoms with Gasteiger partial charge >= 0.3 is 0 Å². The summed E-state index contributed by atoms with van der Waals surface area (Å²) in [5, 5.41) is 6.01. The van der Waals surface area contributed by atoms with Crippen LogP contribution in [0.15, 0.2) is 54.0 Å². The van der Waals surface area contributed by atoms with Gasteiger partial charge in [-0.25, -0.2) is 13.8 Å².